The van der Waals surface area contributed by atoms with Crippen molar-refractivity contribution in [2.24, 2.45) is 0 Å². The number of hydrogen-bond acceptors (Lipinski definition) is 0. The molecule has 0 N–H and O–H groups in total. The molecule has 0 nitrogen and oxygen atoms in total. The molecule has 0 heterocycles. The van der Waals surface area contributed by atoms with Gasteiger partial charge in [0.2, 0.25) is 0 Å². The van der Waals surface area contributed by atoms with Gasteiger partial charge in [-0.1, -0.05) is 73.5 Å². The lowest BCUT2D eigenvalue weighted by molar-refractivity contribution is 0.620. The molecule has 4 rings (SSSR count). The summed E-state index contributed by atoms with van der Waals surface area (Å²) in [6.07, 6.45) is 3.19. The molecule has 0 amide bonds. The molecule has 0 aliphatic rings. The van der Waals surface area contributed by atoms with Gasteiger partial charge in [-0.3, -0.25) is 0 Å². The second-order valence-corrected chi connectivity index (χ2v) is 8.10. The standard InChI is InChI=1S/C27H23ClF2/c1-2-3-19-7-14-24(26(29)16-19)21-11-15-25-22(17-21)10-9-20(27(25)30)8-4-18-5-12-23(28)13-6-18/h5-7,9-17H,2-4,8H2,1H3. The van der Waals surface area contributed by atoms with E-state index in [2.05, 4.69) is 6.92 Å². The number of fused-ring (bicyclic) bond motifs is 1. The van der Waals surface area contributed by atoms with E-state index < -0.39 is 0 Å². The Kier molecular flexibility index (Phi) is 6.15. The molecule has 0 aliphatic carbocycles. The minimum absolute atomic E-state index is 0.202. The molecule has 3 heteroatoms. The highest BCUT2D eigenvalue weighted by Gasteiger charge is 2.11. The average Bonchev–Trinajstić information content (AvgIpc) is 2.75. The fraction of sp³-hybridized carbons (Fsp3) is 0.185. The maximum atomic E-state index is 15.1. The number of halogens is 3. The summed E-state index contributed by atoms with van der Waals surface area (Å²) in [5, 5.41) is 2.04. The van der Waals surface area contributed by atoms with E-state index in [-0.39, 0.29) is 11.6 Å². The molecule has 0 aliphatic heterocycles. The quantitative estimate of drug-likeness (QED) is 0.295. The van der Waals surface area contributed by atoms with E-state index in [9.17, 15) is 4.39 Å². The summed E-state index contributed by atoms with van der Waals surface area (Å²) in [4.78, 5) is 0. The summed E-state index contributed by atoms with van der Waals surface area (Å²) in [6, 6.07) is 22.2. The van der Waals surface area contributed by atoms with Crippen LogP contribution in [0.25, 0.3) is 21.9 Å². The van der Waals surface area contributed by atoms with E-state index in [1.54, 1.807) is 18.2 Å². The molecular formula is C27H23ClF2. The van der Waals surface area contributed by atoms with Crippen LogP contribution < -0.4 is 0 Å². The molecule has 30 heavy (non-hydrogen) atoms. The van der Waals surface area contributed by atoms with Crippen LogP contribution in [0.1, 0.15) is 30.0 Å². The molecular weight excluding hydrogens is 398 g/mol. The van der Waals surface area contributed by atoms with Crippen molar-refractivity contribution in [1.82, 2.24) is 0 Å². The minimum Gasteiger partial charge on any atom is -0.206 e. The van der Waals surface area contributed by atoms with Crippen molar-refractivity contribution in [3.05, 3.63) is 106 Å². The third-order valence-electron chi connectivity index (χ3n) is 5.51. The second-order valence-electron chi connectivity index (χ2n) is 7.67. The van der Waals surface area contributed by atoms with Gasteiger partial charge in [-0.05, 0) is 71.2 Å². The number of benzene rings is 4. The zero-order valence-electron chi connectivity index (χ0n) is 16.9. The van der Waals surface area contributed by atoms with Crippen molar-refractivity contribution in [1.29, 1.82) is 0 Å². The first-order chi connectivity index (χ1) is 14.5. The van der Waals surface area contributed by atoms with Crippen molar-refractivity contribution in [3.63, 3.8) is 0 Å². The maximum absolute atomic E-state index is 15.1. The minimum atomic E-state index is -0.236. The second kappa shape index (κ2) is 8.97. The van der Waals surface area contributed by atoms with E-state index in [4.69, 9.17) is 11.6 Å². The SMILES string of the molecule is CCCc1ccc(-c2ccc3c(F)c(CCc4ccc(Cl)cc4)ccc3c2)c(F)c1. The van der Waals surface area contributed by atoms with Crippen LogP contribution in [-0.4, -0.2) is 0 Å². The third-order valence-corrected chi connectivity index (χ3v) is 5.77. The molecule has 0 atom stereocenters. The number of hydrogen-bond donors (Lipinski definition) is 0. The van der Waals surface area contributed by atoms with Gasteiger partial charge >= 0.3 is 0 Å². The van der Waals surface area contributed by atoms with Gasteiger partial charge in [0, 0.05) is 16.0 Å². The molecule has 0 spiro atoms. The summed E-state index contributed by atoms with van der Waals surface area (Å²) in [7, 11) is 0. The first kappa shape index (κ1) is 20.6. The van der Waals surface area contributed by atoms with Crippen LogP contribution in [0.3, 0.4) is 0 Å². The van der Waals surface area contributed by atoms with Crippen LogP contribution in [0, 0.1) is 11.6 Å². The van der Waals surface area contributed by atoms with Crippen LogP contribution in [-0.2, 0) is 19.3 Å². The van der Waals surface area contributed by atoms with Gasteiger partial charge in [0.1, 0.15) is 11.6 Å². The molecule has 0 fully saturated rings. The van der Waals surface area contributed by atoms with Gasteiger partial charge in [0.05, 0.1) is 0 Å². The lowest BCUT2D eigenvalue weighted by Crippen LogP contribution is -1.96. The lowest BCUT2D eigenvalue weighted by Gasteiger charge is -2.10. The first-order valence-electron chi connectivity index (χ1n) is 10.3. The molecule has 0 bridgehead atoms. The van der Waals surface area contributed by atoms with Crippen molar-refractivity contribution in [2.75, 3.05) is 0 Å². The smallest absolute Gasteiger partial charge is 0.134 e. The lowest BCUT2D eigenvalue weighted by atomic mass is 9.96. The normalized spacial score (nSPS) is 11.2. The van der Waals surface area contributed by atoms with Crippen LogP contribution in [0.2, 0.25) is 5.02 Å². The largest absolute Gasteiger partial charge is 0.206 e. The molecule has 0 unspecified atom stereocenters. The van der Waals surface area contributed by atoms with Gasteiger partial charge in [-0.15, -0.1) is 0 Å². The zero-order chi connectivity index (χ0) is 21.1. The van der Waals surface area contributed by atoms with E-state index in [1.165, 1.54) is 0 Å². The predicted octanol–water partition coefficient (Wildman–Crippen LogP) is 8.18. The molecule has 0 saturated carbocycles. The number of rotatable bonds is 6. The molecule has 4 aromatic carbocycles. The van der Waals surface area contributed by atoms with Gasteiger partial charge in [0.15, 0.2) is 0 Å². The summed E-state index contributed by atoms with van der Waals surface area (Å²) in [6.45, 7) is 2.08. The van der Waals surface area contributed by atoms with Crippen molar-refractivity contribution >= 4 is 22.4 Å². The summed E-state index contributed by atoms with van der Waals surface area (Å²) >= 11 is 5.92. The molecule has 0 radical (unpaired) electrons. The van der Waals surface area contributed by atoms with Crippen LogP contribution in [0.15, 0.2) is 72.8 Å². The van der Waals surface area contributed by atoms with Crippen molar-refractivity contribution in [3.8, 4) is 11.1 Å². The summed E-state index contributed by atoms with van der Waals surface area (Å²) in [5.74, 6) is -0.438. The van der Waals surface area contributed by atoms with Gasteiger partial charge < -0.3 is 0 Å². The van der Waals surface area contributed by atoms with Crippen LogP contribution in [0.4, 0.5) is 8.78 Å². The highest BCUT2D eigenvalue weighted by Crippen LogP contribution is 2.30. The zero-order valence-corrected chi connectivity index (χ0v) is 17.6. The highest BCUT2D eigenvalue weighted by molar-refractivity contribution is 6.30. The fourth-order valence-electron chi connectivity index (χ4n) is 3.86. The Labute approximate surface area is 181 Å². The molecule has 0 aromatic heterocycles. The molecule has 4 aromatic rings. The van der Waals surface area contributed by atoms with E-state index in [1.807, 2.05) is 54.6 Å². The number of aryl methyl sites for hydroxylation is 3. The maximum Gasteiger partial charge on any atom is 0.134 e. The van der Waals surface area contributed by atoms with Crippen molar-refractivity contribution in [2.45, 2.75) is 32.6 Å². The van der Waals surface area contributed by atoms with Crippen molar-refractivity contribution < 1.29 is 8.78 Å². The first-order valence-corrected chi connectivity index (χ1v) is 10.7. The Hall–Kier alpha value is -2.71. The molecule has 0 saturated heterocycles. The topological polar surface area (TPSA) is 0 Å². The molecule has 152 valence electrons. The predicted molar refractivity (Wildman–Crippen MR) is 122 cm³/mol. The van der Waals surface area contributed by atoms with Gasteiger partial charge in [0.25, 0.3) is 0 Å². The fourth-order valence-corrected chi connectivity index (χ4v) is 3.99. The van der Waals surface area contributed by atoms with Gasteiger partial charge in [-0.25, -0.2) is 8.78 Å². The Balaban J connectivity index is 1.60. The monoisotopic (exact) mass is 420 g/mol. The van der Waals surface area contributed by atoms with Crippen LogP contribution in [0.5, 0.6) is 0 Å². The third kappa shape index (κ3) is 4.39. The highest BCUT2D eigenvalue weighted by atomic mass is 35.5. The van der Waals surface area contributed by atoms with Crippen LogP contribution >= 0.6 is 11.6 Å². The van der Waals surface area contributed by atoms with E-state index in [0.29, 0.717) is 28.0 Å². The Bertz CT molecular complexity index is 1180. The van der Waals surface area contributed by atoms with E-state index >= 15 is 4.39 Å². The Morgan fingerprint density at radius 3 is 2.23 bits per heavy atom. The van der Waals surface area contributed by atoms with Gasteiger partial charge in [-0.2, -0.15) is 0 Å². The Morgan fingerprint density at radius 1 is 0.733 bits per heavy atom. The summed E-state index contributed by atoms with van der Waals surface area (Å²) in [5.41, 5.74) is 4.10. The summed E-state index contributed by atoms with van der Waals surface area (Å²) < 4.78 is 29.7. The average molecular weight is 421 g/mol. The van der Waals surface area contributed by atoms with E-state index in [0.717, 1.165) is 41.3 Å². The Morgan fingerprint density at radius 2 is 1.50 bits per heavy atom.